The Labute approximate surface area is 201 Å². The summed E-state index contributed by atoms with van der Waals surface area (Å²) in [6.45, 7) is 2.91. The maximum Gasteiger partial charge on any atom is 0.255 e. The van der Waals surface area contributed by atoms with Gasteiger partial charge in [0.15, 0.2) is 0 Å². The van der Waals surface area contributed by atoms with Gasteiger partial charge < -0.3 is 10.1 Å². The highest BCUT2D eigenvalue weighted by Crippen LogP contribution is 2.31. The number of carbonyl (C=O) groups excluding carboxylic acids is 1. The lowest BCUT2D eigenvalue weighted by molar-refractivity contribution is 0.102. The van der Waals surface area contributed by atoms with E-state index in [-0.39, 0.29) is 10.8 Å². The molecule has 0 aromatic heterocycles. The minimum Gasteiger partial charge on any atom is -0.495 e. The van der Waals surface area contributed by atoms with Crippen LogP contribution in [0.25, 0.3) is 0 Å². The number of sulfonamides is 1. The van der Waals surface area contributed by atoms with Gasteiger partial charge in [-0.2, -0.15) is 4.31 Å². The molecular weight excluding hydrogens is 448 g/mol. The van der Waals surface area contributed by atoms with E-state index in [1.165, 1.54) is 24.8 Å². The number of nitrogens with zero attached hydrogens (tertiary/aromatic N) is 1. The van der Waals surface area contributed by atoms with Gasteiger partial charge in [0.05, 0.1) is 17.7 Å². The normalized spacial score (nSPS) is 15.1. The fraction of sp³-hybridized carbons (Fsp3) is 0.296. The Hall–Kier alpha value is -3.16. The summed E-state index contributed by atoms with van der Waals surface area (Å²) < 4.78 is 33.6. The molecule has 4 rings (SSSR count). The van der Waals surface area contributed by atoms with Crippen LogP contribution in [0.15, 0.2) is 77.7 Å². The van der Waals surface area contributed by atoms with Gasteiger partial charge in [0.1, 0.15) is 5.75 Å². The summed E-state index contributed by atoms with van der Waals surface area (Å²) >= 11 is 0. The zero-order chi connectivity index (χ0) is 24.1. The SMILES string of the molecule is COc1ccc(S(=O)(=O)N2CCC(Cc3ccccc3)CC2)cc1NC(=O)c1ccc(C)cc1. The van der Waals surface area contributed by atoms with Crippen LogP contribution in [0.5, 0.6) is 5.75 Å². The van der Waals surface area contributed by atoms with Crippen LogP contribution in [0.2, 0.25) is 0 Å². The van der Waals surface area contributed by atoms with Gasteiger partial charge in [-0.25, -0.2) is 8.42 Å². The van der Waals surface area contributed by atoms with Gasteiger partial charge in [-0.3, -0.25) is 4.79 Å². The molecule has 1 aliphatic heterocycles. The van der Waals surface area contributed by atoms with Crippen molar-refractivity contribution in [3.63, 3.8) is 0 Å². The summed E-state index contributed by atoms with van der Waals surface area (Å²) in [6.07, 6.45) is 2.61. The summed E-state index contributed by atoms with van der Waals surface area (Å²) in [5.41, 5.74) is 3.15. The first-order chi connectivity index (χ1) is 16.4. The van der Waals surface area contributed by atoms with Crippen LogP contribution in [-0.4, -0.2) is 38.8 Å². The van der Waals surface area contributed by atoms with E-state index in [1.807, 2.05) is 37.3 Å². The third kappa shape index (κ3) is 5.48. The van der Waals surface area contributed by atoms with Gasteiger partial charge in [-0.1, -0.05) is 48.0 Å². The smallest absolute Gasteiger partial charge is 0.255 e. The van der Waals surface area contributed by atoms with Crippen LogP contribution in [0.3, 0.4) is 0 Å². The van der Waals surface area contributed by atoms with E-state index in [4.69, 9.17) is 4.74 Å². The zero-order valence-corrected chi connectivity index (χ0v) is 20.3. The number of amides is 1. The van der Waals surface area contributed by atoms with Crippen molar-refractivity contribution in [2.24, 2.45) is 5.92 Å². The van der Waals surface area contributed by atoms with Gasteiger partial charge in [0, 0.05) is 18.7 Å². The number of aryl methyl sites for hydroxylation is 1. The van der Waals surface area contributed by atoms with Crippen molar-refractivity contribution in [3.8, 4) is 5.75 Å². The summed E-state index contributed by atoms with van der Waals surface area (Å²) in [4.78, 5) is 12.9. The van der Waals surface area contributed by atoms with Crippen LogP contribution >= 0.6 is 0 Å². The van der Waals surface area contributed by atoms with Gasteiger partial charge in [0.25, 0.3) is 5.91 Å². The first-order valence-electron chi connectivity index (χ1n) is 11.5. The van der Waals surface area contributed by atoms with E-state index in [2.05, 4.69) is 17.4 Å². The third-order valence-electron chi connectivity index (χ3n) is 6.31. The molecule has 0 radical (unpaired) electrons. The Bertz CT molecular complexity index is 1230. The number of hydrogen-bond acceptors (Lipinski definition) is 4. The Morgan fingerprint density at radius 2 is 1.68 bits per heavy atom. The summed E-state index contributed by atoms with van der Waals surface area (Å²) in [6, 6.07) is 22.1. The predicted molar refractivity (Wildman–Crippen MR) is 134 cm³/mol. The molecule has 6 nitrogen and oxygen atoms in total. The molecule has 0 unspecified atom stereocenters. The molecule has 34 heavy (non-hydrogen) atoms. The van der Waals surface area contributed by atoms with E-state index < -0.39 is 10.0 Å². The van der Waals surface area contributed by atoms with Gasteiger partial charge >= 0.3 is 0 Å². The van der Waals surface area contributed by atoms with Crippen LogP contribution in [0.1, 0.15) is 34.3 Å². The van der Waals surface area contributed by atoms with Crippen LogP contribution in [-0.2, 0) is 16.4 Å². The molecule has 1 N–H and O–H groups in total. The molecule has 0 atom stereocenters. The van der Waals surface area contributed by atoms with Crippen LogP contribution < -0.4 is 10.1 Å². The molecule has 1 heterocycles. The summed E-state index contributed by atoms with van der Waals surface area (Å²) in [5, 5.41) is 2.80. The zero-order valence-electron chi connectivity index (χ0n) is 19.5. The maximum atomic E-state index is 13.4. The van der Waals surface area contributed by atoms with Crippen molar-refractivity contribution in [2.75, 3.05) is 25.5 Å². The molecular formula is C27H30N2O4S. The lowest BCUT2D eigenvalue weighted by atomic mass is 9.91. The van der Waals surface area contributed by atoms with Crippen molar-refractivity contribution < 1.29 is 17.9 Å². The second-order valence-electron chi connectivity index (χ2n) is 8.72. The Kier molecular flexibility index (Phi) is 7.34. The van der Waals surface area contributed by atoms with E-state index in [1.54, 1.807) is 22.5 Å². The van der Waals surface area contributed by atoms with E-state index in [9.17, 15) is 13.2 Å². The second-order valence-corrected chi connectivity index (χ2v) is 10.7. The van der Waals surface area contributed by atoms with Crippen molar-refractivity contribution in [1.82, 2.24) is 4.31 Å². The molecule has 1 fully saturated rings. The molecule has 1 saturated heterocycles. The average molecular weight is 479 g/mol. The molecule has 3 aromatic rings. The Morgan fingerprint density at radius 3 is 2.32 bits per heavy atom. The third-order valence-corrected chi connectivity index (χ3v) is 8.21. The highest BCUT2D eigenvalue weighted by atomic mass is 32.2. The van der Waals surface area contributed by atoms with Crippen molar-refractivity contribution in [1.29, 1.82) is 0 Å². The quantitative estimate of drug-likeness (QED) is 0.524. The Morgan fingerprint density at radius 1 is 1.00 bits per heavy atom. The largest absolute Gasteiger partial charge is 0.495 e. The number of piperidine rings is 1. The second kappa shape index (κ2) is 10.4. The molecule has 1 amide bonds. The van der Waals surface area contributed by atoms with E-state index >= 15 is 0 Å². The highest BCUT2D eigenvalue weighted by Gasteiger charge is 2.30. The highest BCUT2D eigenvalue weighted by molar-refractivity contribution is 7.89. The minimum atomic E-state index is -3.69. The molecule has 1 aliphatic rings. The number of ether oxygens (including phenoxy) is 1. The molecule has 0 spiro atoms. The monoisotopic (exact) mass is 478 g/mol. The van der Waals surface area contributed by atoms with Gasteiger partial charge in [-0.05, 0) is 68.0 Å². The van der Waals surface area contributed by atoms with E-state index in [0.717, 1.165) is 24.8 Å². The first kappa shape index (κ1) is 24.0. The number of anilines is 1. The van der Waals surface area contributed by atoms with Gasteiger partial charge in [-0.15, -0.1) is 0 Å². The molecule has 0 bridgehead atoms. The fourth-order valence-corrected chi connectivity index (χ4v) is 5.79. The number of nitrogens with one attached hydrogen (secondary N) is 1. The summed E-state index contributed by atoms with van der Waals surface area (Å²) in [5.74, 6) is 0.546. The van der Waals surface area contributed by atoms with Gasteiger partial charge in [0.2, 0.25) is 10.0 Å². The number of carbonyl (C=O) groups is 1. The number of rotatable bonds is 7. The van der Waals surface area contributed by atoms with Crippen LogP contribution in [0, 0.1) is 12.8 Å². The molecule has 7 heteroatoms. The van der Waals surface area contributed by atoms with Crippen LogP contribution in [0.4, 0.5) is 5.69 Å². The standard InChI is InChI=1S/C27H30N2O4S/c1-20-8-10-23(11-9-20)27(30)28-25-19-24(12-13-26(25)33-2)34(31,32)29-16-14-22(15-17-29)18-21-6-4-3-5-7-21/h3-13,19,22H,14-18H2,1-2H3,(H,28,30). The molecule has 178 valence electrons. The topological polar surface area (TPSA) is 75.7 Å². The summed E-state index contributed by atoms with van der Waals surface area (Å²) in [7, 11) is -2.20. The first-order valence-corrected chi connectivity index (χ1v) is 12.9. The van der Waals surface area contributed by atoms with E-state index in [0.29, 0.717) is 36.0 Å². The lowest BCUT2D eigenvalue weighted by Crippen LogP contribution is -2.38. The lowest BCUT2D eigenvalue weighted by Gasteiger charge is -2.31. The van der Waals surface area contributed by atoms with Crippen molar-refractivity contribution in [2.45, 2.75) is 31.1 Å². The minimum absolute atomic E-state index is 0.147. The fourth-order valence-electron chi connectivity index (χ4n) is 4.29. The average Bonchev–Trinajstić information content (AvgIpc) is 2.85. The van der Waals surface area contributed by atoms with Crippen molar-refractivity contribution in [3.05, 3.63) is 89.5 Å². The number of methoxy groups -OCH3 is 1. The van der Waals surface area contributed by atoms with Crippen molar-refractivity contribution >= 4 is 21.6 Å². The maximum absolute atomic E-state index is 13.4. The molecule has 0 saturated carbocycles. The number of hydrogen-bond donors (Lipinski definition) is 1. The number of benzene rings is 3. The molecule has 0 aliphatic carbocycles. The molecule has 3 aromatic carbocycles. The predicted octanol–water partition coefficient (Wildman–Crippen LogP) is 4.90. The Balaban J connectivity index is 1.47.